The van der Waals surface area contributed by atoms with Crippen LogP contribution in [-0.2, 0) is 13.5 Å². The third kappa shape index (κ3) is 5.01. The fourth-order valence-corrected chi connectivity index (χ4v) is 3.20. The Morgan fingerprint density at radius 3 is 2.43 bits per heavy atom. The first-order valence-electron chi connectivity index (χ1n) is 8.85. The lowest BCUT2D eigenvalue weighted by Crippen LogP contribution is -2.37. The molecule has 2 heterocycles. The molecule has 0 aliphatic heterocycles. The number of aromatic nitrogens is 3. The van der Waals surface area contributed by atoms with E-state index in [1.807, 2.05) is 50.1 Å². The van der Waals surface area contributed by atoms with Gasteiger partial charge in [-0.3, -0.25) is 9.48 Å². The molecule has 0 saturated heterocycles. The zero-order valence-electron chi connectivity index (χ0n) is 16.4. The Morgan fingerprint density at radius 2 is 1.79 bits per heavy atom. The number of nitrogens with two attached hydrogens (primary N) is 1. The van der Waals surface area contributed by atoms with Gasteiger partial charge in [0.1, 0.15) is 0 Å². The number of carbonyl (C=O) groups excluding carboxylic acids is 1. The van der Waals surface area contributed by atoms with Gasteiger partial charge in [0.15, 0.2) is 5.65 Å². The van der Waals surface area contributed by atoms with Crippen LogP contribution >= 0.6 is 24.8 Å². The van der Waals surface area contributed by atoms with Crippen molar-refractivity contribution >= 4 is 41.8 Å². The van der Waals surface area contributed by atoms with Gasteiger partial charge in [0.05, 0.1) is 17.0 Å². The van der Waals surface area contributed by atoms with E-state index >= 15 is 0 Å². The molecule has 1 amide bonds. The summed E-state index contributed by atoms with van der Waals surface area (Å²) in [5.74, 6) is -0.0264. The second-order valence-electron chi connectivity index (χ2n) is 6.52. The molecule has 3 aromatic rings. The molecule has 8 heteroatoms. The molecule has 152 valence electrons. The van der Waals surface area contributed by atoms with E-state index in [1.54, 1.807) is 4.68 Å². The maximum atomic E-state index is 13.1. The molecule has 0 aliphatic carbocycles. The Labute approximate surface area is 177 Å². The molecular weight excluding hydrogens is 397 g/mol. The maximum Gasteiger partial charge on any atom is 0.255 e. The third-order valence-corrected chi connectivity index (χ3v) is 4.62. The number of fused-ring (bicyclic) bond motifs is 1. The van der Waals surface area contributed by atoms with Gasteiger partial charge in [-0.1, -0.05) is 30.3 Å². The van der Waals surface area contributed by atoms with Gasteiger partial charge in [0, 0.05) is 32.1 Å². The van der Waals surface area contributed by atoms with E-state index in [4.69, 9.17) is 5.73 Å². The number of nitrogens with zero attached hydrogens (tertiary/aromatic N) is 4. The minimum Gasteiger partial charge on any atom is -0.337 e. The van der Waals surface area contributed by atoms with E-state index in [9.17, 15) is 4.79 Å². The number of benzene rings is 1. The number of halogens is 2. The molecule has 2 N–H and O–H groups in total. The number of pyridine rings is 1. The standard InChI is InChI=1S/C20H25N5O.2ClH/c1-14-18(13-17-15(2)23-24(3)19(17)22-14)20(26)25(12-10-21)11-9-16-7-5-4-6-8-16;;/h4-8,13H,9-12,21H2,1-3H3;2*1H. The molecule has 0 saturated carbocycles. The van der Waals surface area contributed by atoms with E-state index in [0.717, 1.165) is 23.1 Å². The van der Waals surface area contributed by atoms with Crippen LogP contribution in [0.25, 0.3) is 11.0 Å². The molecule has 0 unspecified atom stereocenters. The fourth-order valence-electron chi connectivity index (χ4n) is 3.20. The average Bonchev–Trinajstić information content (AvgIpc) is 2.91. The van der Waals surface area contributed by atoms with Crippen molar-refractivity contribution in [1.29, 1.82) is 0 Å². The molecule has 3 rings (SSSR count). The van der Waals surface area contributed by atoms with Crippen molar-refractivity contribution in [3.05, 3.63) is 58.9 Å². The van der Waals surface area contributed by atoms with Crippen molar-refractivity contribution in [3.63, 3.8) is 0 Å². The molecule has 28 heavy (non-hydrogen) atoms. The SMILES string of the molecule is Cc1nc2c(cc1C(=O)N(CCN)CCc1ccccc1)c(C)nn2C.Cl.Cl. The number of hydrogen-bond donors (Lipinski definition) is 1. The van der Waals surface area contributed by atoms with Crippen molar-refractivity contribution in [2.24, 2.45) is 12.8 Å². The highest BCUT2D eigenvalue weighted by Crippen LogP contribution is 2.20. The largest absolute Gasteiger partial charge is 0.337 e. The van der Waals surface area contributed by atoms with Crippen LogP contribution in [0.1, 0.15) is 27.3 Å². The molecular formula is C20H27Cl2N5O. The predicted molar refractivity (Wildman–Crippen MR) is 118 cm³/mol. The van der Waals surface area contributed by atoms with E-state index in [2.05, 4.69) is 22.2 Å². The highest BCUT2D eigenvalue weighted by atomic mass is 35.5. The van der Waals surface area contributed by atoms with Crippen molar-refractivity contribution < 1.29 is 4.79 Å². The number of aryl methyl sites for hydroxylation is 3. The first-order chi connectivity index (χ1) is 12.5. The molecule has 2 aromatic heterocycles. The number of rotatable bonds is 6. The second kappa shape index (κ2) is 10.4. The Bertz CT molecular complexity index is 927. The van der Waals surface area contributed by atoms with Crippen LogP contribution < -0.4 is 5.73 Å². The topological polar surface area (TPSA) is 77.0 Å². The van der Waals surface area contributed by atoms with Gasteiger partial charge in [0.25, 0.3) is 5.91 Å². The van der Waals surface area contributed by atoms with Gasteiger partial charge >= 0.3 is 0 Å². The highest BCUT2D eigenvalue weighted by Gasteiger charge is 2.20. The second-order valence-corrected chi connectivity index (χ2v) is 6.52. The molecule has 0 radical (unpaired) electrons. The summed E-state index contributed by atoms with van der Waals surface area (Å²) in [4.78, 5) is 19.6. The summed E-state index contributed by atoms with van der Waals surface area (Å²) in [6.07, 6.45) is 0.799. The predicted octanol–water partition coefficient (Wildman–Crippen LogP) is 3.07. The summed E-state index contributed by atoms with van der Waals surface area (Å²) in [5.41, 5.74) is 9.96. The van der Waals surface area contributed by atoms with Crippen LogP contribution in [0.2, 0.25) is 0 Å². The summed E-state index contributed by atoms with van der Waals surface area (Å²) >= 11 is 0. The van der Waals surface area contributed by atoms with Crippen molar-refractivity contribution in [1.82, 2.24) is 19.7 Å². The van der Waals surface area contributed by atoms with Gasteiger partial charge in [-0.05, 0) is 31.9 Å². The van der Waals surface area contributed by atoms with Gasteiger partial charge in [-0.25, -0.2) is 4.98 Å². The first kappa shape index (κ1) is 23.9. The van der Waals surface area contributed by atoms with Crippen LogP contribution in [0.3, 0.4) is 0 Å². The zero-order chi connectivity index (χ0) is 18.7. The summed E-state index contributed by atoms with van der Waals surface area (Å²) in [6.45, 7) is 5.38. The summed E-state index contributed by atoms with van der Waals surface area (Å²) in [6, 6.07) is 12.1. The highest BCUT2D eigenvalue weighted by molar-refractivity contribution is 5.98. The minimum absolute atomic E-state index is 0. The summed E-state index contributed by atoms with van der Waals surface area (Å²) in [7, 11) is 1.86. The molecule has 0 aliphatic rings. The quantitative estimate of drug-likeness (QED) is 0.660. The number of carbonyl (C=O) groups is 1. The van der Waals surface area contributed by atoms with E-state index < -0.39 is 0 Å². The Morgan fingerprint density at radius 1 is 1.11 bits per heavy atom. The molecule has 0 spiro atoms. The third-order valence-electron chi connectivity index (χ3n) is 4.62. The fraction of sp³-hybridized carbons (Fsp3) is 0.350. The lowest BCUT2D eigenvalue weighted by Gasteiger charge is -2.23. The van der Waals surface area contributed by atoms with Gasteiger partial charge in [0.2, 0.25) is 0 Å². The smallest absolute Gasteiger partial charge is 0.255 e. The van der Waals surface area contributed by atoms with Crippen LogP contribution in [0.15, 0.2) is 36.4 Å². The van der Waals surface area contributed by atoms with E-state index in [-0.39, 0.29) is 30.7 Å². The lowest BCUT2D eigenvalue weighted by molar-refractivity contribution is 0.0761. The summed E-state index contributed by atoms with van der Waals surface area (Å²) in [5, 5.41) is 5.31. The molecule has 0 fully saturated rings. The van der Waals surface area contributed by atoms with Crippen LogP contribution in [-0.4, -0.2) is 45.2 Å². The van der Waals surface area contributed by atoms with Crippen molar-refractivity contribution in [2.45, 2.75) is 20.3 Å². The number of amides is 1. The van der Waals surface area contributed by atoms with Crippen LogP contribution in [0, 0.1) is 13.8 Å². The summed E-state index contributed by atoms with van der Waals surface area (Å²) < 4.78 is 1.75. The normalized spacial score (nSPS) is 10.3. The van der Waals surface area contributed by atoms with Crippen LogP contribution in [0.4, 0.5) is 0 Å². The molecule has 1 aromatic carbocycles. The van der Waals surface area contributed by atoms with Crippen molar-refractivity contribution in [2.75, 3.05) is 19.6 Å². The van der Waals surface area contributed by atoms with Crippen LogP contribution in [0.5, 0.6) is 0 Å². The average molecular weight is 424 g/mol. The monoisotopic (exact) mass is 423 g/mol. The minimum atomic E-state index is -0.0264. The maximum absolute atomic E-state index is 13.1. The lowest BCUT2D eigenvalue weighted by atomic mass is 10.1. The van der Waals surface area contributed by atoms with Gasteiger partial charge < -0.3 is 10.6 Å². The first-order valence-corrected chi connectivity index (χ1v) is 8.85. The molecule has 6 nitrogen and oxygen atoms in total. The molecule has 0 atom stereocenters. The zero-order valence-corrected chi connectivity index (χ0v) is 18.0. The van der Waals surface area contributed by atoms with Crippen molar-refractivity contribution in [3.8, 4) is 0 Å². The Hall–Kier alpha value is -2.15. The Kier molecular flexibility index (Phi) is 8.88. The van der Waals surface area contributed by atoms with Gasteiger partial charge in [-0.15, -0.1) is 24.8 Å². The van der Waals surface area contributed by atoms with E-state index in [0.29, 0.717) is 30.9 Å². The van der Waals surface area contributed by atoms with Gasteiger partial charge in [-0.2, -0.15) is 5.10 Å². The van der Waals surface area contributed by atoms with E-state index in [1.165, 1.54) is 5.56 Å². The number of hydrogen-bond acceptors (Lipinski definition) is 4. The Balaban J connectivity index is 0.00000196. The molecule has 0 bridgehead atoms.